The van der Waals surface area contributed by atoms with E-state index in [0.29, 0.717) is 48.9 Å². The Morgan fingerprint density at radius 1 is 1.00 bits per heavy atom. The summed E-state index contributed by atoms with van der Waals surface area (Å²) in [7, 11) is 3.95. The number of likely N-dealkylation sites (N-methyl/N-ethyl adjacent to an activating group) is 1. The van der Waals surface area contributed by atoms with E-state index in [1.807, 2.05) is 27.9 Å². The molecule has 2 aromatic rings. The molecule has 1 heterocycles. The van der Waals surface area contributed by atoms with Gasteiger partial charge in [0.15, 0.2) is 11.5 Å². The molecular formula is C25H30N2O5. The minimum absolute atomic E-state index is 0.0263. The fraction of sp³-hybridized carbons (Fsp3) is 0.360. The summed E-state index contributed by atoms with van der Waals surface area (Å²) in [6.45, 7) is 5.64. The second kappa shape index (κ2) is 10.3. The van der Waals surface area contributed by atoms with E-state index in [0.717, 1.165) is 4.90 Å². The Bertz CT molecular complexity index is 1000. The minimum Gasteiger partial charge on any atom is -0.872 e. The quantitative estimate of drug-likeness (QED) is 0.357. The van der Waals surface area contributed by atoms with E-state index in [1.165, 1.54) is 4.90 Å². The third-order valence-electron chi connectivity index (χ3n) is 5.30. The number of ketones is 1. The molecule has 0 radical (unpaired) electrons. The summed E-state index contributed by atoms with van der Waals surface area (Å²) in [5, 5.41) is 13.4. The number of Topliss-reactive ketones (excluding diaryl/α,β-unsaturated/α-hetero) is 1. The summed E-state index contributed by atoms with van der Waals surface area (Å²) in [5.74, 6) is -0.732. The van der Waals surface area contributed by atoms with Crippen LogP contribution in [0, 0.1) is 0 Å². The number of rotatable bonds is 9. The lowest BCUT2D eigenvalue weighted by Crippen LogP contribution is -3.06. The van der Waals surface area contributed by atoms with Crippen molar-refractivity contribution < 1.29 is 29.1 Å². The Balaban J connectivity index is 2.16. The fourth-order valence-electron chi connectivity index (χ4n) is 3.77. The van der Waals surface area contributed by atoms with E-state index >= 15 is 0 Å². The molecule has 170 valence electrons. The lowest BCUT2D eigenvalue weighted by Gasteiger charge is -2.28. The van der Waals surface area contributed by atoms with Crippen molar-refractivity contribution in [3.05, 3.63) is 65.2 Å². The predicted molar refractivity (Wildman–Crippen MR) is 119 cm³/mol. The van der Waals surface area contributed by atoms with Crippen molar-refractivity contribution in [2.24, 2.45) is 0 Å². The average Bonchev–Trinajstić information content (AvgIpc) is 3.04. The molecule has 0 bridgehead atoms. The van der Waals surface area contributed by atoms with Crippen LogP contribution in [0.2, 0.25) is 0 Å². The van der Waals surface area contributed by atoms with Crippen LogP contribution in [0.5, 0.6) is 11.5 Å². The first-order chi connectivity index (χ1) is 15.4. The molecule has 1 saturated heterocycles. The van der Waals surface area contributed by atoms with E-state index in [2.05, 4.69) is 0 Å². The van der Waals surface area contributed by atoms with E-state index in [4.69, 9.17) is 9.47 Å². The molecule has 32 heavy (non-hydrogen) atoms. The number of amides is 1. The summed E-state index contributed by atoms with van der Waals surface area (Å²) in [5.41, 5.74) is 0.996. The van der Waals surface area contributed by atoms with Gasteiger partial charge in [0.25, 0.3) is 5.91 Å². The van der Waals surface area contributed by atoms with Crippen molar-refractivity contribution in [2.45, 2.75) is 19.9 Å². The highest BCUT2D eigenvalue weighted by atomic mass is 16.5. The largest absolute Gasteiger partial charge is 0.872 e. The lowest BCUT2D eigenvalue weighted by atomic mass is 9.95. The molecule has 2 aromatic carbocycles. The topological polar surface area (TPSA) is 83.3 Å². The van der Waals surface area contributed by atoms with Gasteiger partial charge in [-0.1, -0.05) is 42.2 Å². The minimum atomic E-state index is -0.781. The number of benzene rings is 2. The molecule has 0 aliphatic carbocycles. The van der Waals surface area contributed by atoms with Gasteiger partial charge in [-0.15, -0.1) is 0 Å². The molecule has 1 aliphatic rings. The zero-order valence-electron chi connectivity index (χ0n) is 19.0. The third-order valence-corrected chi connectivity index (χ3v) is 5.30. The Hall–Kier alpha value is -3.32. The summed E-state index contributed by atoms with van der Waals surface area (Å²) in [6.07, 6.45) is 0. The highest BCUT2D eigenvalue weighted by Gasteiger charge is 2.44. The van der Waals surface area contributed by atoms with Gasteiger partial charge in [0.2, 0.25) is 5.78 Å². The van der Waals surface area contributed by atoms with E-state index in [1.54, 1.807) is 48.5 Å². The van der Waals surface area contributed by atoms with Crippen LogP contribution in [0.15, 0.2) is 54.1 Å². The van der Waals surface area contributed by atoms with Crippen molar-refractivity contribution >= 4 is 17.4 Å². The van der Waals surface area contributed by atoms with E-state index in [-0.39, 0.29) is 5.57 Å². The van der Waals surface area contributed by atoms with Crippen molar-refractivity contribution in [1.29, 1.82) is 0 Å². The molecule has 7 heteroatoms. The zero-order chi connectivity index (χ0) is 23.3. The number of carbonyl (C=O) groups is 2. The number of likely N-dealkylation sites (tertiary alicyclic amines) is 1. The van der Waals surface area contributed by atoms with Gasteiger partial charge in [0.05, 0.1) is 46.4 Å². The Morgan fingerprint density at radius 3 is 2.28 bits per heavy atom. The molecular weight excluding hydrogens is 408 g/mol. The van der Waals surface area contributed by atoms with E-state index in [9.17, 15) is 14.7 Å². The second-order valence-corrected chi connectivity index (χ2v) is 7.87. The van der Waals surface area contributed by atoms with Gasteiger partial charge in [0.1, 0.15) is 0 Å². The number of nitrogens with zero attached hydrogens (tertiary/aromatic N) is 1. The van der Waals surface area contributed by atoms with Crippen LogP contribution >= 0.6 is 0 Å². The maximum absolute atomic E-state index is 13.4. The number of hydrogen-bond donors (Lipinski definition) is 1. The Kier molecular flexibility index (Phi) is 7.53. The predicted octanol–water partition coefficient (Wildman–Crippen LogP) is 0.853. The van der Waals surface area contributed by atoms with Crippen LogP contribution in [0.3, 0.4) is 0 Å². The fourth-order valence-corrected chi connectivity index (χ4v) is 3.77. The maximum atomic E-state index is 13.4. The number of carbonyl (C=O) groups excluding carboxylic acids is 2. The van der Waals surface area contributed by atoms with Crippen molar-refractivity contribution in [2.75, 3.05) is 40.4 Å². The molecule has 0 aromatic heterocycles. The van der Waals surface area contributed by atoms with Gasteiger partial charge in [-0.25, -0.2) is 0 Å². The standard InChI is InChI=1S/C25H30N2O5/c1-5-31-19-13-12-18(16-20(19)32-6-2)22-21(23(28)17-10-8-7-9-11-17)24(29)25(30)27(22)15-14-26(3)4/h7-13,16,22,28H,5-6,14-15H2,1-4H3. The summed E-state index contributed by atoms with van der Waals surface area (Å²) in [6, 6.07) is 13.1. The van der Waals surface area contributed by atoms with Gasteiger partial charge >= 0.3 is 0 Å². The summed E-state index contributed by atoms with van der Waals surface area (Å²) >= 11 is 0. The third kappa shape index (κ3) is 4.78. The smallest absolute Gasteiger partial charge is 0.295 e. The van der Waals surface area contributed by atoms with Crippen LogP contribution in [0.25, 0.3) is 5.76 Å². The van der Waals surface area contributed by atoms with Gasteiger partial charge in [-0.05, 0) is 37.1 Å². The van der Waals surface area contributed by atoms with Gasteiger partial charge in [0, 0.05) is 5.57 Å². The van der Waals surface area contributed by atoms with E-state index < -0.39 is 23.5 Å². The number of ether oxygens (including phenoxy) is 2. The normalized spacial score (nSPS) is 17.8. The molecule has 1 atom stereocenters. The average molecular weight is 439 g/mol. The Morgan fingerprint density at radius 2 is 1.66 bits per heavy atom. The second-order valence-electron chi connectivity index (χ2n) is 7.87. The molecule has 0 spiro atoms. The Labute approximate surface area is 188 Å². The van der Waals surface area contributed by atoms with Crippen LogP contribution in [-0.2, 0) is 9.59 Å². The maximum Gasteiger partial charge on any atom is 0.295 e. The molecule has 1 aliphatic heterocycles. The van der Waals surface area contributed by atoms with Crippen LogP contribution in [-0.4, -0.2) is 57.0 Å². The molecule has 1 unspecified atom stereocenters. The first-order valence-electron chi connectivity index (χ1n) is 10.9. The van der Waals surface area contributed by atoms with Crippen molar-refractivity contribution in [1.82, 2.24) is 4.90 Å². The molecule has 7 nitrogen and oxygen atoms in total. The zero-order valence-corrected chi connectivity index (χ0v) is 19.0. The number of hydrogen-bond acceptors (Lipinski definition) is 5. The monoisotopic (exact) mass is 438 g/mol. The van der Waals surface area contributed by atoms with Gasteiger partial charge in [-0.2, -0.15) is 0 Å². The van der Waals surface area contributed by atoms with Crippen LogP contribution in [0.4, 0.5) is 0 Å². The number of nitrogens with one attached hydrogen (secondary N) is 1. The SMILES string of the molecule is CCOc1ccc(C2C(=C([O-])c3ccccc3)C(=O)C(=O)N2CC[NH+](C)C)cc1OCC. The van der Waals surface area contributed by atoms with Gasteiger partial charge in [-0.3, -0.25) is 9.59 Å². The first kappa shape index (κ1) is 23.3. The molecule has 0 saturated carbocycles. The lowest BCUT2D eigenvalue weighted by molar-refractivity contribution is -0.857. The molecule has 1 fully saturated rings. The highest BCUT2D eigenvalue weighted by molar-refractivity contribution is 6.46. The van der Waals surface area contributed by atoms with Crippen molar-refractivity contribution in [3.8, 4) is 11.5 Å². The molecule has 1 N–H and O–H groups in total. The number of quaternary nitrogens is 1. The van der Waals surface area contributed by atoms with Crippen molar-refractivity contribution in [3.63, 3.8) is 0 Å². The molecule has 1 amide bonds. The summed E-state index contributed by atoms with van der Waals surface area (Å²) < 4.78 is 11.4. The summed E-state index contributed by atoms with van der Waals surface area (Å²) in [4.78, 5) is 28.6. The van der Waals surface area contributed by atoms with Gasteiger partial charge < -0.3 is 24.4 Å². The van der Waals surface area contributed by atoms with Crippen LogP contribution < -0.4 is 19.5 Å². The van der Waals surface area contributed by atoms with Crippen LogP contribution in [0.1, 0.15) is 31.0 Å². The first-order valence-corrected chi connectivity index (χ1v) is 10.9. The molecule has 3 rings (SSSR count). The highest BCUT2D eigenvalue weighted by Crippen LogP contribution is 2.41.